The highest BCUT2D eigenvalue weighted by Gasteiger charge is 2.24. The van der Waals surface area contributed by atoms with E-state index >= 15 is 0 Å². The number of hydrogen-bond acceptors (Lipinski definition) is 10. The first-order valence-electron chi connectivity index (χ1n) is 20.9. The number of carbonyl (C=O) groups is 2. The molecule has 0 spiro atoms. The lowest BCUT2D eigenvalue weighted by Crippen LogP contribution is -2.14. The fraction of sp³-hybridized carbons (Fsp3) is 0.500. The average Bonchev–Trinajstić information content (AvgIpc) is 3.22. The van der Waals surface area contributed by atoms with Crippen molar-refractivity contribution in [1.82, 2.24) is 0 Å². The van der Waals surface area contributed by atoms with Crippen LogP contribution in [-0.2, 0) is 19.1 Å². The van der Waals surface area contributed by atoms with Crippen LogP contribution in [0.5, 0.6) is 23.0 Å². The maximum Gasteiger partial charge on any atom is 0.333 e. The van der Waals surface area contributed by atoms with E-state index in [9.17, 15) is 19.8 Å². The van der Waals surface area contributed by atoms with Crippen molar-refractivity contribution in [3.05, 3.63) is 84.0 Å². The summed E-state index contributed by atoms with van der Waals surface area (Å²) in [6.45, 7) is 15.2. The summed E-state index contributed by atoms with van der Waals surface area (Å²) in [5, 5.41) is 19.1. The minimum absolute atomic E-state index is 0.0106. The number of ether oxygens (including phenoxy) is 6. The summed E-state index contributed by atoms with van der Waals surface area (Å²) in [7, 11) is 0. The molecular weight excluding hydrogens is 737 g/mol. The number of unbranched alkanes of at least 4 members (excludes halogenated alkanes) is 3. The van der Waals surface area contributed by atoms with E-state index in [4.69, 9.17) is 28.4 Å². The topological polar surface area (TPSA) is 130 Å². The van der Waals surface area contributed by atoms with Crippen molar-refractivity contribution in [3.63, 3.8) is 0 Å². The Balaban J connectivity index is 1.73. The van der Waals surface area contributed by atoms with Gasteiger partial charge in [0, 0.05) is 23.3 Å². The normalized spacial score (nSPS) is 15.0. The summed E-state index contributed by atoms with van der Waals surface area (Å²) in [5.41, 5.74) is 6.53. The van der Waals surface area contributed by atoms with Gasteiger partial charge in [-0.25, -0.2) is 9.59 Å². The number of carbonyl (C=O) groups excluding carboxylic acids is 2. The van der Waals surface area contributed by atoms with Crippen LogP contribution in [0.2, 0.25) is 0 Å². The Morgan fingerprint density at radius 1 is 0.638 bits per heavy atom. The maximum absolute atomic E-state index is 12.1. The predicted molar refractivity (Wildman–Crippen MR) is 228 cm³/mol. The molecular formula is C48H64O10. The van der Waals surface area contributed by atoms with Gasteiger partial charge in [0.05, 0.1) is 13.2 Å². The Kier molecular flexibility index (Phi) is 19.1. The van der Waals surface area contributed by atoms with Crippen LogP contribution in [0.1, 0.15) is 102 Å². The number of esters is 2. The zero-order valence-electron chi connectivity index (χ0n) is 35.1. The molecule has 1 aliphatic rings. The van der Waals surface area contributed by atoms with Gasteiger partial charge in [-0.2, -0.15) is 0 Å². The van der Waals surface area contributed by atoms with Crippen molar-refractivity contribution in [2.45, 2.75) is 97.8 Å². The largest absolute Gasteiger partial charge is 0.489 e. The lowest BCUT2D eigenvalue weighted by Gasteiger charge is -2.29. The number of aliphatic hydroxyl groups is 2. The molecule has 0 saturated heterocycles. The molecule has 1 saturated carbocycles. The predicted octanol–water partition coefficient (Wildman–Crippen LogP) is 9.70. The minimum atomic E-state index is -0.501. The Morgan fingerprint density at radius 2 is 1.29 bits per heavy atom. The highest BCUT2D eigenvalue weighted by molar-refractivity contribution is 5.87. The van der Waals surface area contributed by atoms with Crippen LogP contribution in [0.3, 0.4) is 0 Å². The van der Waals surface area contributed by atoms with Crippen LogP contribution in [0.4, 0.5) is 0 Å². The second kappa shape index (κ2) is 24.2. The van der Waals surface area contributed by atoms with Gasteiger partial charge < -0.3 is 38.6 Å². The molecule has 316 valence electrons. The molecule has 3 aromatic rings. The molecule has 0 heterocycles. The van der Waals surface area contributed by atoms with Crippen LogP contribution in [0.15, 0.2) is 72.8 Å². The fourth-order valence-electron chi connectivity index (χ4n) is 7.23. The molecule has 10 nitrogen and oxygen atoms in total. The van der Waals surface area contributed by atoms with Gasteiger partial charge in [0.25, 0.3) is 0 Å². The van der Waals surface area contributed by atoms with E-state index in [1.807, 2.05) is 18.2 Å². The summed E-state index contributed by atoms with van der Waals surface area (Å²) in [4.78, 5) is 24.0. The summed E-state index contributed by atoms with van der Waals surface area (Å²) >= 11 is 0. The van der Waals surface area contributed by atoms with Crippen molar-refractivity contribution in [2.75, 3.05) is 52.9 Å². The Hall–Kier alpha value is -4.80. The van der Waals surface area contributed by atoms with E-state index in [-0.39, 0.29) is 46.2 Å². The second-order valence-electron chi connectivity index (χ2n) is 15.2. The third-order valence-corrected chi connectivity index (χ3v) is 10.4. The van der Waals surface area contributed by atoms with Gasteiger partial charge >= 0.3 is 11.9 Å². The number of aryl methyl sites for hydroxylation is 1. The quantitative estimate of drug-likeness (QED) is 0.0485. The molecule has 0 aromatic heterocycles. The number of aliphatic hydroxyl groups excluding tert-OH is 2. The van der Waals surface area contributed by atoms with Crippen molar-refractivity contribution in [2.24, 2.45) is 5.92 Å². The number of benzene rings is 3. The second-order valence-corrected chi connectivity index (χ2v) is 15.2. The Morgan fingerprint density at radius 3 is 1.91 bits per heavy atom. The van der Waals surface area contributed by atoms with Crippen molar-refractivity contribution >= 4 is 11.9 Å². The van der Waals surface area contributed by atoms with E-state index in [0.29, 0.717) is 59.5 Å². The van der Waals surface area contributed by atoms with Gasteiger partial charge in [0.15, 0.2) is 23.0 Å². The summed E-state index contributed by atoms with van der Waals surface area (Å²) < 4.78 is 35.3. The van der Waals surface area contributed by atoms with E-state index in [0.717, 1.165) is 33.7 Å². The lowest BCUT2D eigenvalue weighted by molar-refractivity contribution is -0.140. The Labute approximate surface area is 345 Å². The van der Waals surface area contributed by atoms with Crippen molar-refractivity contribution in [3.8, 4) is 45.3 Å². The van der Waals surface area contributed by atoms with Crippen LogP contribution < -0.4 is 18.9 Å². The lowest BCUT2D eigenvalue weighted by atomic mass is 9.76. The average molecular weight is 801 g/mol. The SMILES string of the molecule is C=C(C)C(=O)OCCOc1ccc(-c2cc(-c3ccc(C4CCC(CCCCC)CC4)cc3C)cc(OCCOC(=O)C(=C)C)c2OCCCCO)cc1OCCO. The van der Waals surface area contributed by atoms with E-state index in [1.165, 1.54) is 56.9 Å². The molecule has 0 atom stereocenters. The molecule has 2 N–H and O–H groups in total. The molecule has 1 fully saturated rings. The molecule has 10 heteroatoms. The Bertz CT molecular complexity index is 1810. The monoisotopic (exact) mass is 800 g/mol. The number of rotatable bonds is 25. The van der Waals surface area contributed by atoms with Gasteiger partial charge in [0.1, 0.15) is 33.0 Å². The van der Waals surface area contributed by atoms with Gasteiger partial charge in [-0.1, -0.05) is 70.0 Å². The standard InChI is InChI=1S/C48H64O10/c1-7-8-9-12-36-13-15-37(16-14-36)38-17-19-41(35(6)29-38)40-30-42(46(56-23-11-10-21-49)45(32-40)55-26-28-58-48(52)34(4)5)39-18-20-43(44(31-39)53-24-22-50)54-25-27-57-47(51)33(2)3/h17-20,29-32,36-37,49-50H,2,4,7-16,21-28H2,1,3,5-6H3. The molecule has 0 bridgehead atoms. The number of hydrogen-bond donors (Lipinski definition) is 2. The van der Waals surface area contributed by atoms with Gasteiger partial charge in [-0.05, 0) is 123 Å². The maximum atomic E-state index is 12.1. The third-order valence-electron chi connectivity index (χ3n) is 10.4. The van der Waals surface area contributed by atoms with E-state index < -0.39 is 11.9 Å². The van der Waals surface area contributed by atoms with Gasteiger partial charge in [-0.15, -0.1) is 0 Å². The van der Waals surface area contributed by atoms with E-state index in [2.05, 4.69) is 51.3 Å². The molecule has 0 unspecified atom stereocenters. The molecule has 0 aliphatic heterocycles. The fourth-order valence-corrected chi connectivity index (χ4v) is 7.23. The first-order chi connectivity index (χ1) is 28.1. The van der Waals surface area contributed by atoms with Gasteiger partial charge in [-0.3, -0.25) is 0 Å². The molecule has 0 radical (unpaired) electrons. The molecule has 0 amide bonds. The molecule has 4 rings (SSSR count). The van der Waals surface area contributed by atoms with Crippen LogP contribution in [0.25, 0.3) is 22.3 Å². The summed E-state index contributed by atoms with van der Waals surface area (Å²) in [6, 6.07) is 16.3. The zero-order chi connectivity index (χ0) is 41.9. The van der Waals surface area contributed by atoms with Crippen molar-refractivity contribution in [1.29, 1.82) is 0 Å². The van der Waals surface area contributed by atoms with Crippen LogP contribution in [0, 0.1) is 12.8 Å². The molecule has 1 aliphatic carbocycles. The van der Waals surface area contributed by atoms with Crippen LogP contribution >= 0.6 is 0 Å². The first kappa shape index (κ1) is 45.9. The van der Waals surface area contributed by atoms with Gasteiger partial charge in [0.2, 0.25) is 0 Å². The highest BCUT2D eigenvalue weighted by atomic mass is 16.6. The minimum Gasteiger partial charge on any atom is -0.489 e. The summed E-state index contributed by atoms with van der Waals surface area (Å²) in [6.07, 6.45) is 11.5. The zero-order valence-corrected chi connectivity index (χ0v) is 35.1. The first-order valence-corrected chi connectivity index (χ1v) is 20.9. The van der Waals surface area contributed by atoms with Crippen molar-refractivity contribution < 1.29 is 48.2 Å². The molecule has 58 heavy (non-hydrogen) atoms. The van der Waals surface area contributed by atoms with Crippen LogP contribution in [-0.4, -0.2) is 75.0 Å². The third kappa shape index (κ3) is 13.9. The summed E-state index contributed by atoms with van der Waals surface area (Å²) in [5.74, 6) is 2.13. The van der Waals surface area contributed by atoms with E-state index in [1.54, 1.807) is 19.9 Å². The smallest absolute Gasteiger partial charge is 0.333 e. The molecule has 3 aromatic carbocycles. The highest BCUT2D eigenvalue weighted by Crippen LogP contribution is 2.46.